The molecule has 0 aromatic heterocycles. The Balaban J connectivity index is 2.42. The van der Waals surface area contributed by atoms with Crippen LogP contribution in [-0.4, -0.2) is 57.5 Å². The van der Waals surface area contributed by atoms with Crippen LogP contribution in [0.5, 0.6) is 0 Å². The van der Waals surface area contributed by atoms with E-state index in [2.05, 4.69) is 17.1 Å². The Morgan fingerprint density at radius 1 is 1.41 bits per heavy atom. The molecule has 1 saturated heterocycles. The quantitative estimate of drug-likeness (QED) is 0.767. The molecule has 0 aromatic carbocycles. The van der Waals surface area contributed by atoms with Gasteiger partial charge in [0.05, 0.1) is 11.0 Å². The highest BCUT2D eigenvalue weighted by molar-refractivity contribution is 7.92. The maximum atomic E-state index is 11.7. The minimum Gasteiger partial charge on any atom is -0.319 e. The molecule has 1 fully saturated rings. The Labute approximate surface area is 106 Å². The summed E-state index contributed by atoms with van der Waals surface area (Å²) in [4.78, 5) is 2.28. The zero-order valence-electron chi connectivity index (χ0n) is 11.5. The first-order valence-electron chi connectivity index (χ1n) is 6.38. The van der Waals surface area contributed by atoms with Crippen molar-refractivity contribution in [2.45, 2.75) is 32.4 Å². The van der Waals surface area contributed by atoms with Crippen molar-refractivity contribution in [1.29, 1.82) is 0 Å². The molecule has 102 valence electrons. The molecule has 1 aliphatic heterocycles. The second-order valence-electron chi connectivity index (χ2n) is 5.78. The Hall–Kier alpha value is -0.130. The van der Waals surface area contributed by atoms with Gasteiger partial charge in [-0.05, 0) is 39.3 Å². The van der Waals surface area contributed by atoms with E-state index < -0.39 is 9.84 Å². The smallest absolute Gasteiger partial charge is 0.153 e. The summed E-state index contributed by atoms with van der Waals surface area (Å²) in [6, 6.07) is 0. The van der Waals surface area contributed by atoms with Crippen LogP contribution in [0.2, 0.25) is 0 Å². The largest absolute Gasteiger partial charge is 0.319 e. The average molecular weight is 262 g/mol. The summed E-state index contributed by atoms with van der Waals surface area (Å²) in [5, 5.41) is 2.96. The molecular formula is C12H26N2O2S. The second kappa shape index (κ2) is 5.67. The van der Waals surface area contributed by atoms with Crippen molar-refractivity contribution in [2.24, 2.45) is 5.41 Å². The van der Waals surface area contributed by atoms with E-state index in [0.29, 0.717) is 17.7 Å². The van der Waals surface area contributed by atoms with Crippen molar-refractivity contribution in [2.75, 3.05) is 39.0 Å². The third kappa shape index (κ3) is 4.23. The molecule has 1 aliphatic rings. The van der Waals surface area contributed by atoms with Gasteiger partial charge in [0.2, 0.25) is 0 Å². The van der Waals surface area contributed by atoms with E-state index in [1.54, 1.807) is 13.8 Å². The van der Waals surface area contributed by atoms with E-state index in [9.17, 15) is 8.42 Å². The van der Waals surface area contributed by atoms with Crippen molar-refractivity contribution in [3.63, 3.8) is 0 Å². The normalized spacial score (nSPS) is 26.9. The van der Waals surface area contributed by atoms with Crippen LogP contribution >= 0.6 is 0 Å². The molecule has 4 nitrogen and oxygen atoms in total. The standard InChI is InChI=1S/C12H26N2O2S/c1-11(2)17(15,16)8-7-14-6-5-12(3,10-14)9-13-4/h11,13H,5-10H2,1-4H3. The van der Waals surface area contributed by atoms with Crippen molar-refractivity contribution < 1.29 is 8.42 Å². The highest BCUT2D eigenvalue weighted by atomic mass is 32.2. The van der Waals surface area contributed by atoms with Gasteiger partial charge >= 0.3 is 0 Å². The highest BCUT2D eigenvalue weighted by Crippen LogP contribution is 2.28. The molecule has 0 saturated carbocycles. The minimum absolute atomic E-state index is 0.256. The van der Waals surface area contributed by atoms with E-state index in [1.807, 2.05) is 7.05 Å². The third-order valence-electron chi connectivity index (χ3n) is 3.65. The lowest BCUT2D eigenvalue weighted by Crippen LogP contribution is -2.35. The number of hydrogen-bond acceptors (Lipinski definition) is 4. The van der Waals surface area contributed by atoms with Crippen LogP contribution < -0.4 is 5.32 Å². The first-order chi connectivity index (χ1) is 7.79. The minimum atomic E-state index is -2.89. The van der Waals surface area contributed by atoms with Gasteiger partial charge in [-0.3, -0.25) is 0 Å². The fourth-order valence-electron chi connectivity index (χ4n) is 2.38. The first kappa shape index (κ1) is 14.9. The fraction of sp³-hybridized carbons (Fsp3) is 1.00. The number of likely N-dealkylation sites (tertiary alicyclic amines) is 1. The maximum absolute atomic E-state index is 11.7. The molecule has 0 radical (unpaired) electrons. The molecule has 17 heavy (non-hydrogen) atoms. The molecule has 1 atom stereocenters. The van der Waals surface area contributed by atoms with Crippen molar-refractivity contribution >= 4 is 9.84 Å². The van der Waals surface area contributed by atoms with Crippen molar-refractivity contribution in [3.05, 3.63) is 0 Å². The van der Waals surface area contributed by atoms with Gasteiger partial charge in [0.25, 0.3) is 0 Å². The van der Waals surface area contributed by atoms with Gasteiger partial charge in [0, 0.05) is 19.6 Å². The Bertz CT molecular complexity index is 340. The van der Waals surface area contributed by atoms with Crippen molar-refractivity contribution in [1.82, 2.24) is 10.2 Å². The molecule has 0 spiro atoms. The van der Waals surface area contributed by atoms with E-state index in [-0.39, 0.29) is 5.25 Å². The van der Waals surface area contributed by atoms with Gasteiger partial charge < -0.3 is 10.2 Å². The van der Waals surface area contributed by atoms with Gasteiger partial charge in [-0.1, -0.05) is 6.92 Å². The number of nitrogens with zero attached hydrogens (tertiary/aromatic N) is 1. The lowest BCUT2D eigenvalue weighted by atomic mass is 9.90. The van der Waals surface area contributed by atoms with E-state index in [1.165, 1.54) is 0 Å². The van der Waals surface area contributed by atoms with E-state index in [0.717, 1.165) is 26.1 Å². The van der Waals surface area contributed by atoms with Crippen LogP contribution in [0.4, 0.5) is 0 Å². The highest BCUT2D eigenvalue weighted by Gasteiger charge is 2.33. The summed E-state index contributed by atoms with van der Waals surface area (Å²) in [6.07, 6.45) is 1.15. The van der Waals surface area contributed by atoms with Crippen LogP contribution in [0.3, 0.4) is 0 Å². The molecule has 0 aliphatic carbocycles. The van der Waals surface area contributed by atoms with Gasteiger partial charge in [-0.25, -0.2) is 8.42 Å². The third-order valence-corrected chi connectivity index (χ3v) is 5.84. The Morgan fingerprint density at radius 3 is 2.59 bits per heavy atom. The first-order valence-corrected chi connectivity index (χ1v) is 8.09. The van der Waals surface area contributed by atoms with Gasteiger partial charge in [-0.2, -0.15) is 0 Å². The molecule has 1 heterocycles. The van der Waals surface area contributed by atoms with Crippen molar-refractivity contribution in [3.8, 4) is 0 Å². The molecule has 1 rings (SSSR count). The van der Waals surface area contributed by atoms with E-state index in [4.69, 9.17) is 0 Å². The summed E-state index contributed by atoms with van der Waals surface area (Å²) >= 11 is 0. The summed E-state index contributed by atoms with van der Waals surface area (Å²) in [5.74, 6) is 0.292. The van der Waals surface area contributed by atoms with Crippen LogP contribution in [0.1, 0.15) is 27.2 Å². The average Bonchev–Trinajstić information content (AvgIpc) is 2.58. The van der Waals surface area contributed by atoms with E-state index >= 15 is 0 Å². The SMILES string of the molecule is CNCC1(C)CCN(CCS(=O)(=O)C(C)C)C1. The lowest BCUT2D eigenvalue weighted by molar-refractivity contribution is 0.280. The van der Waals surface area contributed by atoms with Gasteiger partial charge in [0.1, 0.15) is 0 Å². The summed E-state index contributed by atoms with van der Waals surface area (Å²) in [6.45, 7) is 9.48. The summed E-state index contributed by atoms with van der Waals surface area (Å²) in [5.41, 5.74) is 0.302. The number of nitrogens with one attached hydrogen (secondary N) is 1. The predicted octanol–water partition coefficient (Wildman–Crippen LogP) is 0.741. The van der Waals surface area contributed by atoms with Gasteiger partial charge in [0.15, 0.2) is 9.84 Å². The molecule has 1 unspecified atom stereocenters. The Morgan fingerprint density at radius 2 is 2.06 bits per heavy atom. The second-order valence-corrected chi connectivity index (χ2v) is 8.46. The zero-order chi connectivity index (χ0) is 13.1. The summed E-state index contributed by atoms with van der Waals surface area (Å²) < 4.78 is 23.5. The van der Waals surface area contributed by atoms with Crippen LogP contribution in [0.25, 0.3) is 0 Å². The molecule has 0 bridgehead atoms. The zero-order valence-corrected chi connectivity index (χ0v) is 12.3. The number of rotatable bonds is 6. The topological polar surface area (TPSA) is 49.4 Å². The number of hydrogen-bond donors (Lipinski definition) is 1. The van der Waals surface area contributed by atoms with Crippen LogP contribution in [0, 0.1) is 5.41 Å². The Kier molecular flexibility index (Phi) is 4.98. The molecule has 1 N–H and O–H groups in total. The summed E-state index contributed by atoms with van der Waals surface area (Å²) in [7, 11) is -0.923. The van der Waals surface area contributed by atoms with Crippen LogP contribution in [-0.2, 0) is 9.84 Å². The fourth-order valence-corrected chi connectivity index (χ4v) is 3.36. The molecular weight excluding hydrogens is 236 g/mol. The van der Waals surface area contributed by atoms with Crippen LogP contribution in [0.15, 0.2) is 0 Å². The molecule has 0 aromatic rings. The monoisotopic (exact) mass is 262 g/mol. The van der Waals surface area contributed by atoms with Gasteiger partial charge in [-0.15, -0.1) is 0 Å². The lowest BCUT2D eigenvalue weighted by Gasteiger charge is -2.24. The predicted molar refractivity (Wildman–Crippen MR) is 72.0 cm³/mol. The molecule has 5 heteroatoms. The number of sulfone groups is 1. The maximum Gasteiger partial charge on any atom is 0.153 e. The molecule has 0 amide bonds.